The summed E-state index contributed by atoms with van der Waals surface area (Å²) in [6, 6.07) is 2.17. The first-order chi connectivity index (χ1) is 8.54. The summed E-state index contributed by atoms with van der Waals surface area (Å²) in [5.41, 5.74) is 2.39. The van der Waals surface area contributed by atoms with Gasteiger partial charge < -0.3 is 15.3 Å². The molecule has 4 nitrogen and oxygen atoms in total. The third-order valence-electron chi connectivity index (χ3n) is 2.93. The second-order valence-corrected chi connectivity index (χ2v) is 4.82. The maximum atomic E-state index is 9.30. The maximum Gasteiger partial charge on any atom is 0.131 e. The minimum absolute atomic E-state index is 0.263. The standard InChI is InChI=1S/C14H25N3O/c1-5-15-9-13-8-11(2)14(16-10-13)17(4)7-6-12(3)18/h8,10,12,15,18H,5-7,9H2,1-4H3. The first-order valence-corrected chi connectivity index (χ1v) is 6.60. The van der Waals surface area contributed by atoms with Crippen LogP contribution in [0.2, 0.25) is 0 Å². The Morgan fingerprint density at radius 2 is 2.22 bits per heavy atom. The Morgan fingerprint density at radius 3 is 2.78 bits per heavy atom. The molecule has 1 unspecified atom stereocenters. The molecule has 1 aromatic rings. The van der Waals surface area contributed by atoms with E-state index in [0.29, 0.717) is 0 Å². The van der Waals surface area contributed by atoms with E-state index in [1.54, 1.807) is 0 Å². The van der Waals surface area contributed by atoms with Gasteiger partial charge in [0, 0.05) is 26.3 Å². The van der Waals surface area contributed by atoms with Crippen LogP contribution in [0.4, 0.5) is 5.82 Å². The number of aryl methyl sites for hydroxylation is 1. The van der Waals surface area contributed by atoms with E-state index in [4.69, 9.17) is 0 Å². The molecule has 2 N–H and O–H groups in total. The summed E-state index contributed by atoms with van der Waals surface area (Å²) in [5, 5.41) is 12.6. The van der Waals surface area contributed by atoms with E-state index in [1.165, 1.54) is 11.1 Å². The average Bonchev–Trinajstić information content (AvgIpc) is 2.33. The van der Waals surface area contributed by atoms with Crippen molar-refractivity contribution in [1.29, 1.82) is 0 Å². The molecule has 18 heavy (non-hydrogen) atoms. The van der Waals surface area contributed by atoms with E-state index >= 15 is 0 Å². The normalized spacial score (nSPS) is 12.5. The number of anilines is 1. The van der Waals surface area contributed by atoms with Crippen LogP contribution in [0.3, 0.4) is 0 Å². The van der Waals surface area contributed by atoms with E-state index in [2.05, 4.69) is 35.1 Å². The summed E-state index contributed by atoms with van der Waals surface area (Å²) < 4.78 is 0. The van der Waals surface area contributed by atoms with Crippen LogP contribution in [0.25, 0.3) is 0 Å². The molecule has 1 rings (SSSR count). The SMILES string of the molecule is CCNCc1cnc(N(C)CCC(C)O)c(C)c1. The molecule has 0 aliphatic rings. The molecule has 1 aromatic heterocycles. The Kier molecular flexibility index (Phi) is 6.09. The van der Waals surface area contributed by atoms with Crippen molar-refractivity contribution in [1.82, 2.24) is 10.3 Å². The summed E-state index contributed by atoms with van der Waals surface area (Å²) in [6.07, 6.45) is 2.42. The van der Waals surface area contributed by atoms with Crippen molar-refractivity contribution in [2.24, 2.45) is 0 Å². The predicted molar refractivity (Wildman–Crippen MR) is 75.9 cm³/mol. The van der Waals surface area contributed by atoms with Gasteiger partial charge in [0.2, 0.25) is 0 Å². The summed E-state index contributed by atoms with van der Waals surface area (Å²) in [5.74, 6) is 0.996. The van der Waals surface area contributed by atoms with Gasteiger partial charge in [-0.3, -0.25) is 0 Å². The molecule has 102 valence electrons. The van der Waals surface area contributed by atoms with Crippen molar-refractivity contribution in [3.8, 4) is 0 Å². The number of aliphatic hydroxyl groups excluding tert-OH is 1. The average molecular weight is 251 g/mol. The van der Waals surface area contributed by atoms with E-state index in [1.807, 2.05) is 20.2 Å². The highest BCUT2D eigenvalue weighted by molar-refractivity contribution is 5.46. The van der Waals surface area contributed by atoms with Crippen LogP contribution in [0.5, 0.6) is 0 Å². The first kappa shape index (κ1) is 14.9. The van der Waals surface area contributed by atoms with Crippen molar-refractivity contribution < 1.29 is 5.11 Å². The number of pyridine rings is 1. The molecule has 1 heterocycles. The number of rotatable bonds is 7. The molecule has 0 amide bonds. The lowest BCUT2D eigenvalue weighted by Crippen LogP contribution is -2.23. The molecule has 0 aromatic carbocycles. The van der Waals surface area contributed by atoms with Gasteiger partial charge in [0.05, 0.1) is 6.10 Å². The van der Waals surface area contributed by atoms with Gasteiger partial charge in [-0.15, -0.1) is 0 Å². The molecule has 0 spiro atoms. The third-order valence-corrected chi connectivity index (χ3v) is 2.93. The zero-order valence-corrected chi connectivity index (χ0v) is 11.9. The fourth-order valence-electron chi connectivity index (χ4n) is 1.88. The van der Waals surface area contributed by atoms with Crippen molar-refractivity contribution >= 4 is 5.82 Å². The maximum absolute atomic E-state index is 9.30. The second-order valence-electron chi connectivity index (χ2n) is 4.82. The predicted octanol–water partition coefficient (Wildman–Crippen LogP) is 1.71. The molecular weight excluding hydrogens is 226 g/mol. The fourth-order valence-corrected chi connectivity index (χ4v) is 1.88. The molecule has 0 aliphatic heterocycles. The smallest absolute Gasteiger partial charge is 0.131 e. The zero-order valence-electron chi connectivity index (χ0n) is 11.9. The first-order valence-electron chi connectivity index (χ1n) is 6.60. The van der Waals surface area contributed by atoms with Gasteiger partial charge in [-0.1, -0.05) is 6.92 Å². The molecule has 4 heteroatoms. The van der Waals surface area contributed by atoms with Gasteiger partial charge in [0.15, 0.2) is 0 Å². The molecule has 0 aliphatic carbocycles. The lowest BCUT2D eigenvalue weighted by molar-refractivity contribution is 0.187. The van der Waals surface area contributed by atoms with Crippen LogP contribution in [0, 0.1) is 6.92 Å². The zero-order chi connectivity index (χ0) is 13.5. The number of aliphatic hydroxyl groups is 1. The third kappa shape index (κ3) is 4.63. The van der Waals surface area contributed by atoms with Crippen molar-refractivity contribution in [3.63, 3.8) is 0 Å². The van der Waals surface area contributed by atoms with E-state index in [-0.39, 0.29) is 6.10 Å². The number of hydrogen-bond donors (Lipinski definition) is 2. The summed E-state index contributed by atoms with van der Waals surface area (Å²) in [6.45, 7) is 8.64. The Balaban J connectivity index is 2.66. The monoisotopic (exact) mass is 251 g/mol. The lowest BCUT2D eigenvalue weighted by atomic mass is 10.2. The Morgan fingerprint density at radius 1 is 1.50 bits per heavy atom. The van der Waals surface area contributed by atoms with Crippen LogP contribution < -0.4 is 10.2 Å². The van der Waals surface area contributed by atoms with Crippen LogP contribution >= 0.6 is 0 Å². The van der Waals surface area contributed by atoms with Gasteiger partial charge in [-0.2, -0.15) is 0 Å². The topological polar surface area (TPSA) is 48.4 Å². The molecule has 0 saturated carbocycles. The molecule has 0 bridgehead atoms. The van der Waals surface area contributed by atoms with Crippen LogP contribution in [-0.2, 0) is 6.54 Å². The lowest BCUT2D eigenvalue weighted by Gasteiger charge is -2.21. The summed E-state index contributed by atoms with van der Waals surface area (Å²) in [4.78, 5) is 6.61. The minimum Gasteiger partial charge on any atom is -0.393 e. The number of nitrogens with one attached hydrogen (secondary N) is 1. The Labute approximate surface area is 110 Å². The molecule has 1 atom stereocenters. The quantitative estimate of drug-likeness (QED) is 0.774. The van der Waals surface area contributed by atoms with Gasteiger partial charge in [0.1, 0.15) is 5.82 Å². The number of aromatic nitrogens is 1. The van der Waals surface area contributed by atoms with Crippen molar-refractivity contribution in [2.75, 3.05) is 25.0 Å². The highest BCUT2D eigenvalue weighted by Crippen LogP contribution is 2.17. The van der Waals surface area contributed by atoms with E-state index in [9.17, 15) is 5.11 Å². The van der Waals surface area contributed by atoms with E-state index < -0.39 is 0 Å². The number of hydrogen-bond acceptors (Lipinski definition) is 4. The van der Waals surface area contributed by atoms with Gasteiger partial charge in [0.25, 0.3) is 0 Å². The van der Waals surface area contributed by atoms with Crippen LogP contribution in [-0.4, -0.2) is 36.3 Å². The van der Waals surface area contributed by atoms with Crippen molar-refractivity contribution in [3.05, 3.63) is 23.4 Å². The molecule has 0 radical (unpaired) electrons. The Hall–Kier alpha value is -1.13. The number of nitrogens with zero attached hydrogens (tertiary/aromatic N) is 2. The van der Waals surface area contributed by atoms with E-state index in [0.717, 1.165) is 31.9 Å². The van der Waals surface area contributed by atoms with Gasteiger partial charge in [-0.05, 0) is 44.0 Å². The second kappa shape index (κ2) is 7.34. The highest BCUT2D eigenvalue weighted by atomic mass is 16.3. The highest BCUT2D eigenvalue weighted by Gasteiger charge is 2.08. The summed E-state index contributed by atoms with van der Waals surface area (Å²) >= 11 is 0. The molecule has 0 fully saturated rings. The summed E-state index contributed by atoms with van der Waals surface area (Å²) in [7, 11) is 2.02. The Bertz CT molecular complexity index is 366. The minimum atomic E-state index is -0.263. The van der Waals surface area contributed by atoms with Crippen LogP contribution in [0.15, 0.2) is 12.3 Å². The van der Waals surface area contributed by atoms with Crippen molar-refractivity contribution in [2.45, 2.75) is 39.8 Å². The van der Waals surface area contributed by atoms with Crippen LogP contribution in [0.1, 0.15) is 31.4 Å². The molecular formula is C14H25N3O. The largest absolute Gasteiger partial charge is 0.393 e. The van der Waals surface area contributed by atoms with Gasteiger partial charge in [-0.25, -0.2) is 4.98 Å². The molecule has 0 saturated heterocycles. The van der Waals surface area contributed by atoms with Gasteiger partial charge >= 0.3 is 0 Å². The fraction of sp³-hybridized carbons (Fsp3) is 0.643.